The van der Waals surface area contributed by atoms with Crippen LogP contribution in [-0.2, 0) is 10.0 Å². The maximum Gasteiger partial charge on any atom is 0.255 e. The van der Waals surface area contributed by atoms with Crippen LogP contribution in [0.4, 0.5) is 5.69 Å². The third-order valence-corrected chi connectivity index (χ3v) is 7.42. The van der Waals surface area contributed by atoms with Crippen molar-refractivity contribution in [2.24, 2.45) is 0 Å². The van der Waals surface area contributed by atoms with Gasteiger partial charge in [-0.05, 0) is 57.3 Å². The van der Waals surface area contributed by atoms with Crippen LogP contribution in [-0.4, -0.2) is 66.7 Å². The van der Waals surface area contributed by atoms with E-state index in [0.717, 1.165) is 16.9 Å². The molecule has 1 aliphatic rings. The number of aromatic nitrogens is 2. The van der Waals surface area contributed by atoms with Gasteiger partial charge in [0.2, 0.25) is 10.0 Å². The molecular weight excluding hydrogens is 414 g/mol. The number of fused-ring (bicyclic) bond motifs is 1. The zero-order chi connectivity index (χ0) is 22.2. The van der Waals surface area contributed by atoms with Crippen LogP contribution in [0.15, 0.2) is 47.4 Å². The summed E-state index contributed by atoms with van der Waals surface area (Å²) in [4.78, 5) is 24.0. The van der Waals surface area contributed by atoms with E-state index in [9.17, 15) is 13.2 Å². The van der Waals surface area contributed by atoms with Gasteiger partial charge in [-0.2, -0.15) is 4.31 Å². The Morgan fingerprint density at radius 1 is 0.935 bits per heavy atom. The van der Waals surface area contributed by atoms with Gasteiger partial charge in [0, 0.05) is 37.4 Å². The number of nitrogens with zero attached hydrogens (tertiary/aromatic N) is 4. The number of carbonyl (C=O) groups excluding carboxylic acids is 1. The number of hydrogen-bond donors (Lipinski definition) is 1. The summed E-state index contributed by atoms with van der Waals surface area (Å²) in [6.45, 7) is 6.06. The number of amides is 1. The third-order valence-electron chi connectivity index (χ3n) is 5.53. The molecule has 31 heavy (non-hydrogen) atoms. The van der Waals surface area contributed by atoms with Crippen molar-refractivity contribution in [3.05, 3.63) is 59.4 Å². The molecule has 1 fully saturated rings. The van der Waals surface area contributed by atoms with E-state index in [4.69, 9.17) is 0 Å². The number of carbonyl (C=O) groups is 1. The van der Waals surface area contributed by atoms with Crippen molar-refractivity contribution in [1.29, 1.82) is 0 Å². The second-order valence-corrected chi connectivity index (χ2v) is 9.73. The third kappa shape index (κ3) is 4.43. The number of benzene rings is 2. The summed E-state index contributed by atoms with van der Waals surface area (Å²) in [6.07, 6.45) is 0. The molecule has 2 heterocycles. The first-order valence-corrected chi connectivity index (χ1v) is 11.5. The van der Waals surface area contributed by atoms with Crippen molar-refractivity contribution in [3.63, 3.8) is 0 Å². The quantitative estimate of drug-likeness (QED) is 0.671. The predicted molar refractivity (Wildman–Crippen MR) is 120 cm³/mol. The minimum atomic E-state index is -3.61. The molecule has 0 radical (unpaired) electrons. The Bertz CT molecular complexity index is 1250. The van der Waals surface area contributed by atoms with Crippen molar-refractivity contribution < 1.29 is 13.2 Å². The van der Waals surface area contributed by atoms with E-state index in [1.165, 1.54) is 10.4 Å². The minimum Gasteiger partial charge on any atom is -0.322 e. The summed E-state index contributed by atoms with van der Waals surface area (Å²) in [5.74, 6) is -0.337. The summed E-state index contributed by atoms with van der Waals surface area (Å²) < 4.78 is 27.5. The van der Waals surface area contributed by atoms with Gasteiger partial charge in [-0.3, -0.25) is 4.79 Å². The van der Waals surface area contributed by atoms with E-state index in [2.05, 4.69) is 20.2 Å². The summed E-state index contributed by atoms with van der Waals surface area (Å²) in [6, 6.07) is 11.5. The molecule has 0 unspecified atom stereocenters. The van der Waals surface area contributed by atoms with Crippen LogP contribution in [0.1, 0.15) is 21.7 Å². The van der Waals surface area contributed by atoms with Crippen LogP contribution in [0, 0.1) is 13.8 Å². The highest BCUT2D eigenvalue weighted by molar-refractivity contribution is 7.89. The molecule has 8 nitrogen and oxygen atoms in total. The number of hydrogen-bond acceptors (Lipinski definition) is 6. The second-order valence-electron chi connectivity index (χ2n) is 7.79. The lowest BCUT2D eigenvalue weighted by Crippen LogP contribution is -2.47. The van der Waals surface area contributed by atoms with Gasteiger partial charge in [0.15, 0.2) is 0 Å². The van der Waals surface area contributed by atoms with Crippen LogP contribution in [0.3, 0.4) is 0 Å². The van der Waals surface area contributed by atoms with Crippen molar-refractivity contribution in [2.75, 3.05) is 38.5 Å². The van der Waals surface area contributed by atoms with Gasteiger partial charge in [0.25, 0.3) is 5.91 Å². The molecular formula is C22H25N5O3S. The van der Waals surface area contributed by atoms with E-state index in [0.29, 0.717) is 42.9 Å². The fourth-order valence-electron chi connectivity index (χ4n) is 3.49. The van der Waals surface area contributed by atoms with Gasteiger partial charge in [0.1, 0.15) is 0 Å². The average Bonchev–Trinajstić information content (AvgIpc) is 2.75. The Labute approximate surface area is 182 Å². The molecule has 1 N–H and O–H groups in total. The first kappa shape index (κ1) is 21.4. The lowest BCUT2D eigenvalue weighted by molar-refractivity contribution is 0.102. The Kier molecular flexibility index (Phi) is 5.74. The Hall–Kier alpha value is -2.88. The van der Waals surface area contributed by atoms with Gasteiger partial charge in [-0.1, -0.05) is 6.07 Å². The lowest BCUT2D eigenvalue weighted by Gasteiger charge is -2.31. The Balaban J connectivity index is 1.55. The molecule has 0 atom stereocenters. The number of nitrogens with one attached hydrogen (secondary N) is 1. The summed E-state index contributed by atoms with van der Waals surface area (Å²) in [7, 11) is -1.64. The summed E-state index contributed by atoms with van der Waals surface area (Å²) in [5.41, 5.74) is 3.88. The molecule has 1 aromatic heterocycles. The van der Waals surface area contributed by atoms with Crippen molar-refractivity contribution in [1.82, 2.24) is 19.2 Å². The molecule has 3 aromatic rings. The maximum absolute atomic E-state index is 13.0. The number of piperazine rings is 1. The van der Waals surface area contributed by atoms with Crippen molar-refractivity contribution in [2.45, 2.75) is 18.7 Å². The normalized spacial score (nSPS) is 15.8. The number of anilines is 1. The molecule has 1 amide bonds. The van der Waals surface area contributed by atoms with E-state index in [-0.39, 0.29) is 10.8 Å². The average molecular weight is 440 g/mol. The molecule has 0 spiro atoms. The largest absolute Gasteiger partial charge is 0.322 e. The second kappa shape index (κ2) is 8.33. The highest BCUT2D eigenvalue weighted by Crippen LogP contribution is 2.22. The van der Waals surface area contributed by atoms with E-state index < -0.39 is 10.0 Å². The molecule has 0 bridgehead atoms. The SMILES string of the molecule is Cc1nc2ccc(C(=O)Nc3cccc(S(=O)(=O)N4CCN(C)CC4)c3)cc2nc1C. The van der Waals surface area contributed by atoms with Gasteiger partial charge in [-0.15, -0.1) is 0 Å². The van der Waals surface area contributed by atoms with Gasteiger partial charge < -0.3 is 10.2 Å². The zero-order valence-corrected chi connectivity index (χ0v) is 18.6. The molecule has 2 aromatic carbocycles. The number of likely N-dealkylation sites (N-methyl/N-ethyl adjacent to an activating group) is 1. The maximum atomic E-state index is 13.0. The monoisotopic (exact) mass is 439 g/mol. The highest BCUT2D eigenvalue weighted by Gasteiger charge is 2.27. The van der Waals surface area contributed by atoms with Crippen LogP contribution in [0.2, 0.25) is 0 Å². The van der Waals surface area contributed by atoms with Crippen LogP contribution in [0.25, 0.3) is 11.0 Å². The van der Waals surface area contributed by atoms with Crippen LogP contribution < -0.4 is 5.32 Å². The van der Waals surface area contributed by atoms with Crippen molar-refractivity contribution in [3.8, 4) is 0 Å². The minimum absolute atomic E-state index is 0.172. The molecule has 0 aliphatic carbocycles. The summed E-state index contributed by atoms with van der Waals surface area (Å²) in [5, 5.41) is 2.79. The Morgan fingerprint density at radius 2 is 1.61 bits per heavy atom. The number of rotatable bonds is 4. The predicted octanol–water partition coefficient (Wildman–Crippen LogP) is 2.44. The smallest absolute Gasteiger partial charge is 0.255 e. The molecule has 162 valence electrons. The standard InChI is InChI=1S/C22H25N5O3S/c1-15-16(2)24-21-13-17(7-8-20(21)23-15)22(28)25-18-5-4-6-19(14-18)31(29,30)27-11-9-26(3)10-12-27/h4-8,13-14H,9-12H2,1-3H3,(H,25,28). The fourth-order valence-corrected chi connectivity index (χ4v) is 4.96. The lowest BCUT2D eigenvalue weighted by atomic mass is 10.1. The van der Waals surface area contributed by atoms with Gasteiger partial charge >= 0.3 is 0 Å². The Morgan fingerprint density at radius 3 is 2.32 bits per heavy atom. The van der Waals surface area contributed by atoms with Crippen LogP contribution in [0.5, 0.6) is 0 Å². The number of aryl methyl sites for hydroxylation is 2. The van der Waals surface area contributed by atoms with E-state index >= 15 is 0 Å². The van der Waals surface area contributed by atoms with Crippen LogP contribution >= 0.6 is 0 Å². The number of sulfonamides is 1. The topological polar surface area (TPSA) is 95.5 Å². The molecule has 4 rings (SSSR count). The van der Waals surface area contributed by atoms with Gasteiger partial charge in [-0.25, -0.2) is 18.4 Å². The fraction of sp³-hybridized carbons (Fsp3) is 0.318. The zero-order valence-electron chi connectivity index (χ0n) is 17.8. The van der Waals surface area contributed by atoms with Crippen molar-refractivity contribution >= 4 is 32.7 Å². The molecule has 1 saturated heterocycles. The van der Waals surface area contributed by atoms with E-state index in [1.54, 1.807) is 36.4 Å². The summed E-state index contributed by atoms with van der Waals surface area (Å²) >= 11 is 0. The molecule has 0 saturated carbocycles. The first-order valence-electron chi connectivity index (χ1n) is 10.1. The first-order chi connectivity index (χ1) is 14.7. The molecule has 1 aliphatic heterocycles. The van der Waals surface area contributed by atoms with Gasteiger partial charge in [0.05, 0.1) is 27.3 Å². The highest BCUT2D eigenvalue weighted by atomic mass is 32.2. The molecule has 9 heteroatoms. The van der Waals surface area contributed by atoms with E-state index in [1.807, 2.05) is 20.9 Å².